The summed E-state index contributed by atoms with van der Waals surface area (Å²) in [5, 5.41) is 23.2. The van der Waals surface area contributed by atoms with Crippen LogP contribution in [0.15, 0.2) is 48.5 Å². The second-order valence-electron chi connectivity index (χ2n) is 6.34. The molecule has 5 nitrogen and oxygen atoms in total. The van der Waals surface area contributed by atoms with E-state index in [1.165, 1.54) is 17.7 Å². The number of aryl methyl sites for hydroxylation is 1. The maximum Gasteiger partial charge on any atom is 0.252 e. The largest absolute Gasteiger partial charge is 0.507 e. The van der Waals surface area contributed by atoms with Crippen molar-refractivity contribution in [3.05, 3.63) is 65.2 Å². The third kappa shape index (κ3) is 5.89. The van der Waals surface area contributed by atoms with Crippen LogP contribution in [-0.4, -0.2) is 28.7 Å². The lowest BCUT2D eigenvalue weighted by Crippen LogP contribution is -2.30. The Bertz CT molecular complexity index is 689. The molecule has 0 aromatic heterocycles. The second-order valence-corrected chi connectivity index (χ2v) is 6.34. The molecule has 25 heavy (non-hydrogen) atoms. The number of aliphatic hydroxyl groups excluding tert-OH is 1. The van der Waals surface area contributed by atoms with E-state index in [9.17, 15) is 15.0 Å². The summed E-state index contributed by atoms with van der Waals surface area (Å²) in [6, 6.07) is 15.0. The number of carbonyl (C=O) groups excluding carboxylic acids is 1. The van der Waals surface area contributed by atoms with Gasteiger partial charge in [0, 0.05) is 12.6 Å². The number of amides is 1. The minimum Gasteiger partial charge on any atom is -0.507 e. The van der Waals surface area contributed by atoms with Gasteiger partial charge in [-0.15, -0.1) is 0 Å². The van der Waals surface area contributed by atoms with Gasteiger partial charge in [-0.2, -0.15) is 0 Å². The number of hydrogen-bond acceptors (Lipinski definition) is 4. The lowest BCUT2D eigenvalue weighted by molar-refractivity contribution is 0.0997. The highest BCUT2D eigenvalue weighted by atomic mass is 16.3. The summed E-state index contributed by atoms with van der Waals surface area (Å²) in [7, 11) is 0. The molecule has 2 aromatic rings. The quantitative estimate of drug-likeness (QED) is 0.563. The van der Waals surface area contributed by atoms with Gasteiger partial charge in [-0.25, -0.2) is 0 Å². The van der Waals surface area contributed by atoms with E-state index in [1.54, 1.807) is 6.07 Å². The van der Waals surface area contributed by atoms with Gasteiger partial charge in [0.05, 0.1) is 11.7 Å². The maximum atomic E-state index is 11.3. The van der Waals surface area contributed by atoms with Crippen LogP contribution in [0.4, 0.5) is 0 Å². The molecule has 5 heteroatoms. The average Bonchev–Trinajstić information content (AvgIpc) is 2.60. The fraction of sp³-hybridized carbons (Fsp3) is 0.350. The van der Waals surface area contributed by atoms with Crippen molar-refractivity contribution < 1.29 is 15.0 Å². The molecule has 2 atom stereocenters. The monoisotopic (exact) mass is 342 g/mol. The molecule has 134 valence electrons. The highest BCUT2D eigenvalue weighted by Gasteiger charge is 2.14. The zero-order valence-corrected chi connectivity index (χ0v) is 14.5. The Balaban J connectivity index is 1.78. The Kier molecular flexibility index (Phi) is 6.98. The fourth-order valence-corrected chi connectivity index (χ4v) is 2.75. The summed E-state index contributed by atoms with van der Waals surface area (Å²) in [4.78, 5) is 11.3. The first-order valence-corrected chi connectivity index (χ1v) is 8.55. The SMILES string of the molecule is C[C@H](CCCc1ccccc1)NC[C@@H](O)c1ccc(O)c(C(N)=O)c1. The molecule has 0 saturated carbocycles. The normalized spacial score (nSPS) is 13.4. The minimum atomic E-state index is -0.768. The Morgan fingerprint density at radius 3 is 2.60 bits per heavy atom. The number of rotatable bonds is 9. The maximum absolute atomic E-state index is 11.3. The zero-order chi connectivity index (χ0) is 18.2. The van der Waals surface area contributed by atoms with Crippen LogP contribution in [0.1, 0.15) is 47.4 Å². The van der Waals surface area contributed by atoms with Gasteiger partial charge in [-0.1, -0.05) is 36.4 Å². The van der Waals surface area contributed by atoms with Gasteiger partial charge < -0.3 is 21.3 Å². The predicted octanol–water partition coefficient (Wildman–Crippen LogP) is 2.53. The van der Waals surface area contributed by atoms with Gasteiger partial charge in [0.1, 0.15) is 5.75 Å². The summed E-state index contributed by atoms with van der Waals surface area (Å²) in [6.45, 7) is 2.46. The molecular weight excluding hydrogens is 316 g/mol. The van der Waals surface area contributed by atoms with Crippen molar-refractivity contribution in [3.63, 3.8) is 0 Å². The number of aliphatic hydroxyl groups is 1. The highest BCUT2D eigenvalue weighted by Crippen LogP contribution is 2.22. The molecule has 0 bridgehead atoms. The van der Waals surface area contributed by atoms with Crippen LogP contribution >= 0.6 is 0 Å². The molecule has 0 aliphatic rings. The van der Waals surface area contributed by atoms with E-state index < -0.39 is 12.0 Å². The first-order valence-electron chi connectivity index (χ1n) is 8.55. The zero-order valence-electron chi connectivity index (χ0n) is 14.5. The van der Waals surface area contributed by atoms with Crippen molar-refractivity contribution in [2.24, 2.45) is 5.73 Å². The first kappa shape index (κ1) is 19.0. The third-order valence-corrected chi connectivity index (χ3v) is 4.28. The molecule has 0 aliphatic heterocycles. The molecule has 2 rings (SSSR count). The van der Waals surface area contributed by atoms with E-state index in [0.717, 1.165) is 19.3 Å². The van der Waals surface area contributed by atoms with Crippen molar-refractivity contribution in [2.45, 2.75) is 38.3 Å². The van der Waals surface area contributed by atoms with Crippen molar-refractivity contribution >= 4 is 5.91 Å². The lowest BCUT2D eigenvalue weighted by Gasteiger charge is -2.18. The van der Waals surface area contributed by atoms with E-state index in [1.807, 2.05) is 18.2 Å². The third-order valence-electron chi connectivity index (χ3n) is 4.28. The number of hydrogen-bond donors (Lipinski definition) is 4. The van der Waals surface area contributed by atoms with E-state index >= 15 is 0 Å². The average molecular weight is 342 g/mol. The second kappa shape index (κ2) is 9.20. The summed E-state index contributed by atoms with van der Waals surface area (Å²) < 4.78 is 0. The van der Waals surface area contributed by atoms with Gasteiger partial charge in [-0.3, -0.25) is 4.79 Å². The van der Waals surface area contributed by atoms with Crippen LogP contribution in [0.5, 0.6) is 5.75 Å². The number of nitrogens with two attached hydrogens (primary N) is 1. The Morgan fingerprint density at radius 1 is 1.20 bits per heavy atom. The van der Waals surface area contributed by atoms with Gasteiger partial charge in [-0.05, 0) is 49.4 Å². The predicted molar refractivity (Wildman–Crippen MR) is 98.4 cm³/mol. The molecule has 0 heterocycles. The number of carbonyl (C=O) groups is 1. The summed E-state index contributed by atoms with van der Waals surface area (Å²) >= 11 is 0. The van der Waals surface area contributed by atoms with Crippen LogP contribution in [0.25, 0.3) is 0 Å². The van der Waals surface area contributed by atoms with Crippen LogP contribution in [0.2, 0.25) is 0 Å². The van der Waals surface area contributed by atoms with Crippen LogP contribution < -0.4 is 11.1 Å². The molecule has 0 unspecified atom stereocenters. The topological polar surface area (TPSA) is 95.6 Å². The van der Waals surface area contributed by atoms with Crippen molar-refractivity contribution in [1.82, 2.24) is 5.32 Å². The smallest absolute Gasteiger partial charge is 0.252 e. The molecule has 5 N–H and O–H groups in total. The Hall–Kier alpha value is -2.37. The van der Waals surface area contributed by atoms with Crippen LogP contribution in [-0.2, 0) is 6.42 Å². The first-order chi connectivity index (χ1) is 12.0. The molecule has 0 saturated heterocycles. The molecule has 0 aliphatic carbocycles. The number of nitrogens with one attached hydrogen (secondary N) is 1. The van der Waals surface area contributed by atoms with Crippen LogP contribution in [0, 0.1) is 0 Å². The molecule has 2 aromatic carbocycles. The molecule has 0 spiro atoms. The lowest BCUT2D eigenvalue weighted by atomic mass is 10.0. The van der Waals surface area contributed by atoms with E-state index in [0.29, 0.717) is 12.1 Å². The van der Waals surface area contributed by atoms with Crippen molar-refractivity contribution in [2.75, 3.05) is 6.54 Å². The molecule has 0 radical (unpaired) electrons. The fourth-order valence-electron chi connectivity index (χ4n) is 2.75. The minimum absolute atomic E-state index is 0.0208. The van der Waals surface area contributed by atoms with E-state index in [4.69, 9.17) is 5.73 Å². The van der Waals surface area contributed by atoms with Crippen molar-refractivity contribution in [3.8, 4) is 5.75 Å². The van der Waals surface area contributed by atoms with Gasteiger partial charge in [0.25, 0.3) is 5.91 Å². The molecule has 1 amide bonds. The summed E-state index contributed by atoms with van der Waals surface area (Å²) in [6.07, 6.45) is 2.34. The van der Waals surface area contributed by atoms with E-state index in [-0.39, 0.29) is 17.4 Å². The van der Waals surface area contributed by atoms with E-state index in [2.05, 4.69) is 24.4 Å². The molecule has 0 fully saturated rings. The van der Waals surface area contributed by atoms with Crippen molar-refractivity contribution in [1.29, 1.82) is 0 Å². The number of benzene rings is 2. The summed E-state index contributed by atoms with van der Waals surface area (Å²) in [5.74, 6) is -0.889. The van der Waals surface area contributed by atoms with Gasteiger partial charge in [0.2, 0.25) is 0 Å². The Morgan fingerprint density at radius 2 is 1.92 bits per heavy atom. The van der Waals surface area contributed by atoms with Gasteiger partial charge in [0.15, 0.2) is 0 Å². The number of phenols is 1. The van der Waals surface area contributed by atoms with Gasteiger partial charge >= 0.3 is 0 Å². The highest BCUT2D eigenvalue weighted by molar-refractivity contribution is 5.95. The summed E-state index contributed by atoms with van der Waals surface area (Å²) in [5.41, 5.74) is 7.12. The Labute approximate surface area is 148 Å². The number of primary amides is 1. The van der Waals surface area contributed by atoms with Crippen LogP contribution in [0.3, 0.4) is 0 Å². The molecular formula is C20H26N2O3. The number of aromatic hydroxyl groups is 1. The standard InChI is InChI=1S/C20H26N2O3/c1-14(6-5-9-15-7-3-2-4-8-15)22-13-19(24)16-10-11-18(23)17(12-16)20(21)25/h2-4,7-8,10-12,14,19,22-24H,5-6,9,13H2,1H3,(H2,21,25)/t14-,19-/m1/s1.